The molecule has 1 saturated heterocycles. The number of ether oxygens (including phenoxy) is 2. The summed E-state index contributed by atoms with van der Waals surface area (Å²) in [7, 11) is 3.31. The molecule has 1 unspecified atom stereocenters. The van der Waals surface area contributed by atoms with Crippen LogP contribution in [0.15, 0.2) is 18.2 Å². The SMILES string of the molecule is COc1cc(CN2CCCC(O)C2)cc(OC)c1. The fourth-order valence-electron chi connectivity index (χ4n) is 2.39. The van der Waals surface area contributed by atoms with Gasteiger partial charge in [-0.2, -0.15) is 0 Å². The van der Waals surface area contributed by atoms with Gasteiger partial charge in [0.1, 0.15) is 11.5 Å². The van der Waals surface area contributed by atoms with Gasteiger partial charge in [0.15, 0.2) is 0 Å². The molecule has 4 nitrogen and oxygen atoms in total. The predicted octanol–water partition coefficient (Wildman–Crippen LogP) is 1.66. The van der Waals surface area contributed by atoms with E-state index in [9.17, 15) is 5.11 Å². The second-order valence-corrected chi connectivity index (χ2v) is 4.75. The van der Waals surface area contributed by atoms with Crippen LogP contribution in [-0.4, -0.2) is 43.4 Å². The van der Waals surface area contributed by atoms with Gasteiger partial charge in [-0.25, -0.2) is 0 Å². The molecule has 1 aliphatic rings. The third-order valence-electron chi connectivity index (χ3n) is 3.30. The van der Waals surface area contributed by atoms with Gasteiger partial charge in [-0.15, -0.1) is 0 Å². The summed E-state index contributed by atoms with van der Waals surface area (Å²) in [5.41, 5.74) is 1.15. The van der Waals surface area contributed by atoms with Gasteiger partial charge in [0, 0.05) is 19.2 Å². The lowest BCUT2D eigenvalue weighted by atomic mass is 10.1. The summed E-state index contributed by atoms with van der Waals surface area (Å²) in [4.78, 5) is 2.27. The molecule has 0 radical (unpaired) electrons. The maximum absolute atomic E-state index is 9.67. The molecule has 1 atom stereocenters. The molecule has 0 aliphatic carbocycles. The van der Waals surface area contributed by atoms with Crippen molar-refractivity contribution in [3.8, 4) is 11.5 Å². The van der Waals surface area contributed by atoms with Crippen LogP contribution < -0.4 is 9.47 Å². The Morgan fingerprint density at radius 1 is 1.22 bits per heavy atom. The molecule has 0 bridgehead atoms. The standard InChI is InChI=1S/C14H21NO3/c1-17-13-6-11(7-14(8-13)18-2)9-15-5-3-4-12(16)10-15/h6-8,12,16H,3-5,9-10H2,1-2H3. The minimum Gasteiger partial charge on any atom is -0.497 e. The lowest BCUT2D eigenvalue weighted by Crippen LogP contribution is -2.37. The number of likely N-dealkylation sites (tertiary alicyclic amines) is 1. The van der Waals surface area contributed by atoms with Crippen LogP contribution in [0.25, 0.3) is 0 Å². The molecule has 0 aromatic heterocycles. The van der Waals surface area contributed by atoms with Gasteiger partial charge in [0.25, 0.3) is 0 Å². The van der Waals surface area contributed by atoms with E-state index in [-0.39, 0.29) is 6.10 Å². The predicted molar refractivity (Wildman–Crippen MR) is 70.1 cm³/mol. The Labute approximate surface area is 108 Å². The third-order valence-corrected chi connectivity index (χ3v) is 3.30. The average Bonchev–Trinajstić information content (AvgIpc) is 2.38. The second-order valence-electron chi connectivity index (χ2n) is 4.75. The average molecular weight is 251 g/mol. The van der Waals surface area contributed by atoms with Crippen LogP contribution in [0.1, 0.15) is 18.4 Å². The zero-order chi connectivity index (χ0) is 13.0. The van der Waals surface area contributed by atoms with Gasteiger partial charge >= 0.3 is 0 Å². The van der Waals surface area contributed by atoms with Crippen molar-refractivity contribution in [2.24, 2.45) is 0 Å². The highest BCUT2D eigenvalue weighted by Gasteiger charge is 2.18. The Hall–Kier alpha value is -1.26. The van der Waals surface area contributed by atoms with Gasteiger partial charge in [-0.05, 0) is 37.1 Å². The molecular weight excluding hydrogens is 230 g/mol. The fourth-order valence-corrected chi connectivity index (χ4v) is 2.39. The summed E-state index contributed by atoms with van der Waals surface area (Å²) in [6.45, 7) is 2.61. The summed E-state index contributed by atoms with van der Waals surface area (Å²) in [5.74, 6) is 1.61. The molecule has 18 heavy (non-hydrogen) atoms. The summed E-state index contributed by atoms with van der Waals surface area (Å²) in [6, 6.07) is 5.90. The minimum absolute atomic E-state index is 0.189. The van der Waals surface area contributed by atoms with Crippen molar-refractivity contribution in [3.63, 3.8) is 0 Å². The molecule has 1 heterocycles. The summed E-state index contributed by atoms with van der Waals surface area (Å²) >= 11 is 0. The minimum atomic E-state index is -0.189. The van der Waals surface area contributed by atoms with Crippen molar-refractivity contribution in [1.82, 2.24) is 4.90 Å². The summed E-state index contributed by atoms with van der Waals surface area (Å²) < 4.78 is 10.5. The van der Waals surface area contributed by atoms with Crippen LogP contribution in [-0.2, 0) is 6.54 Å². The van der Waals surface area contributed by atoms with Gasteiger partial charge in [-0.1, -0.05) is 0 Å². The number of hydrogen-bond donors (Lipinski definition) is 1. The highest BCUT2D eigenvalue weighted by atomic mass is 16.5. The Bertz CT molecular complexity index is 372. The highest BCUT2D eigenvalue weighted by molar-refractivity contribution is 5.38. The quantitative estimate of drug-likeness (QED) is 0.883. The number of rotatable bonds is 4. The van der Waals surface area contributed by atoms with E-state index >= 15 is 0 Å². The summed E-state index contributed by atoms with van der Waals surface area (Å²) in [6.07, 6.45) is 1.78. The highest BCUT2D eigenvalue weighted by Crippen LogP contribution is 2.24. The van der Waals surface area contributed by atoms with Crippen LogP contribution in [0.5, 0.6) is 11.5 Å². The summed E-state index contributed by atoms with van der Waals surface area (Å²) in [5, 5.41) is 9.67. The molecule has 2 rings (SSSR count). The molecule has 1 aromatic rings. The lowest BCUT2D eigenvalue weighted by molar-refractivity contribution is 0.0668. The number of piperidine rings is 1. The van der Waals surface area contributed by atoms with Crippen LogP contribution in [0.3, 0.4) is 0 Å². The van der Waals surface area contributed by atoms with Crippen molar-refractivity contribution < 1.29 is 14.6 Å². The topological polar surface area (TPSA) is 41.9 Å². The van der Waals surface area contributed by atoms with Gasteiger partial charge in [-0.3, -0.25) is 4.90 Å². The molecule has 1 N–H and O–H groups in total. The van der Waals surface area contributed by atoms with Gasteiger partial charge in [0.05, 0.1) is 20.3 Å². The Kier molecular flexibility index (Phi) is 4.44. The van der Waals surface area contributed by atoms with Crippen molar-refractivity contribution in [2.75, 3.05) is 27.3 Å². The Balaban J connectivity index is 2.07. The normalized spacial score (nSPS) is 20.7. The molecule has 0 spiro atoms. The van der Waals surface area contributed by atoms with E-state index in [4.69, 9.17) is 9.47 Å². The lowest BCUT2D eigenvalue weighted by Gasteiger charge is -2.30. The molecule has 1 aromatic carbocycles. The number of aliphatic hydroxyl groups is 1. The first kappa shape index (κ1) is 13.2. The molecule has 0 saturated carbocycles. The second kappa shape index (κ2) is 6.07. The number of methoxy groups -OCH3 is 2. The molecular formula is C14H21NO3. The Morgan fingerprint density at radius 3 is 2.44 bits per heavy atom. The first-order chi connectivity index (χ1) is 8.71. The van der Waals surface area contributed by atoms with E-state index in [1.54, 1.807) is 14.2 Å². The van der Waals surface area contributed by atoms with E-state index in [2.05, 4.69) is 4.90 Å². The van der Waals surface area contributed by atoms with Crippen LogP contribution in [0.4, 0.5) is 0 Å². The number of aliphatic hydroxyl groups excluding tert-OH is 1. The van der Waals surface area contributed by atoms with E-state index in [0.717, 1.165) is 49.5 Å². The van der Waals surface area contributed by atoms with Crippen molar-refractivity contribution >= 4 is 0 Å². The maximum Gasteiger partial charge on any atom is 0.122 e. The molecule has 1 aliphatic heterocycles. The zero-order valence-electron chi connectivity index (χ0n) is 11.1. The third kappa shape index (κ3) is 3.37. The maximum atomic E-state index is 9.67. The number of β-amino-alcohol motifs (C(OH)–C–C–N with tert-alkyl or cyclic N) is 1. The molecule has 0 amide bonds. The first-order valence-electron chi connectivity index (χ1n) is 6.33. The number of benzene rings is 1. The largest absolute Gasteiger partial charge is 0.497 e. The first-order valence-corrected chi connectivity index (χ1v) is 6.33. The van der Waals surface area contributed by atoms with Crippen LogP contribution in [0, 0.1) is 0 Å². The van der Waals surface area contributed by atoms with E-state index in [0.29, 0.717) is 0 Å². The van der Waals surface area contributed by atoms with E-state index < -0.39 is 0 Å². The monoisotopic (exact) mass is 251 g/mol. The number of nitrogens with zero attached hydrogens (tertiary/aromatic N) is 1. The molecule has 1 fully saturated rings. The fraction of sp³-hybridized carbons (Fsp3) is 0.571. The smallest absolute Gasteiger partial charge is 0.122 e. The van der Waals surface area contributed by atoms with Crippen molar-refractivity contribution in [3.05, 3.63) is 23.8 Å². The van der Waals surface area contributed by atoms with Crippen LogP contribution >= 0.6 is 0 Å². The van der Waals surface area contributed by atoms with Crippen molar-refractivity contribution in [1.29, 1.82) is 0 Å². The zero-order valence-corrected chi connectivity index (χ0v) is 11.1. The molecule has 4 heteroatoms. The van der Waals surface area contributed by atoms with Crippen LogP contribution in [0.2, 0.25) is 0 Å². The van der Waals surface area contributed by atoms with Crippen molar-refractivity contribution in [2.45, 2.75) is 25.5 Å². The van der Waals surface area contributed by atoms with Gasteiger partial charge in [0.2, 0.25) is 0 Å². The van der Waals surface area contributed by atoms with Gasteiger partial charge < -0.3 is 14.6 Å². The Morgan fingerprint density at radius 2 is 1.89 bits per heavy atom. The number of hydrogen-bond acceptors (Lipinski definition) is 4. The molecule has 100 valence electrons. The van der Waals surface area contributed by atoms with E-state index in [1.807, 2.05) is 18.2 Å². The van der Waals surface area contributed by atoms with E-state index in [1.165, 1.54) is 0 Å².